The van der Waals surface area contributed by atoms with E-state index < -0.39 is 17.6 Å². The van der Waals surface area contributed by atoms with Crippen LogP contribution in [0.2, 0.25) is 0 Å². The van der Waals surface area contributed by atoms with E-state index in [-0.39, 0.29) is 17.9 Å². The van der Waals surface area contributed by atoms with E-state index in [0.29, 0.717) is 49.7 Å². The minimum Gasteiger partial charge on any atom is -0.497 e. The molecule has 0 aliphatic carbocycles. The second-order valence-electron chi connectivity index (χ2n) is 7.62. The van der Waals surface area contributed by atoms with Crippen molar-refractivity contribution in [3.8, 4) is 11.5 Å². The summed E-state index contributed by atoms with van der Waals surface area (Å²) in [5, 5.41) is 16.2. The minimum atomic E-state index is -5.08. The van der Waals surface area contributed by atoms with E-state index in [4.69, 9.17) is 19.4 Å². The van der Waals surface area contributed by atoms with Crippen LogP contribution in [-0.4, -0.2) is 68.5 Å². The molecule has 1 atom stereocenters. The molecule has 1 aromatic carbocycles. The van der Waals surface area contributed by atoms with Gasteiger partial charge in [-0.1, -0.05) is 12.2 Å². The van der Waals surface area contributed by atoms with Gasteiger partial charge >= 0.3 is 12.1 Å². The molecule has 9 nitrogen and oxygen atoms in total. The fraction of sp³-hybridized carbons (Fsp3) is 0.476. The topological polar surface area (TPSA) is 126 Å². The van der Waals surface area contributed by atoms with Crippen LogP contribution in [0.4, 0.5) is 13.2 Å². The van der Waals surface area contributed by atoms with Gasteiger partial charge < -0.3 is 30.5 Å². The van der Waals surface area contributed by atoms with Gasteiger partial charge in [-0.15, -0.1) is 0 Å². The predicted octanol–water partition coefficient (Wildman–Crippen LogP) is 1.49. The lowest BCUT2D eigenvalue weighted by Crippen LogP contribution is -2.62. The lowest BCUT2D eigenvalue weighted by atomic mass is 9.77. The van der Waals surface area contributed by atoms with Crippen LogP contribution < -0.4 is 25.4 Å². The number of alkyl halides is 3. The maximum absolute atomic E-state index is 12.6. The van der Waals surface area contributed by atoms with Crippen LogP contribution in [0.15, 0.2) is 30.4 Å². The number of carbonyl (C=O) groups excluding carboxylic acids is 2. The first kappa shape index (κ1) is 26.0. The van der Waals surface area contributed by atoms with Gasteiger partial charge in [-0.25, -0.2) is 4.79 Å². The number of aliphatic carboxylic acids is 1. The highest BCUT2D eigenvalue weighted by Crippen LogP contribution is 2.28. The van der Waals surface area contributed by atoms with E-state index in [1.54, 1.807) is 25.3 Å². The lowest BCUT2D eigenvalue weighted by molar-refractivity contribution is -0.192. The number of nitrogens with one attached hydrogen (secondary N) is 3. The number of carboxylic acids is 1. The first-order valence-electron chi connectivity index (χ1n) is 10.0. The molecule has 1 aromatic rings. The Morgan fingerprint density at radius 1 is 1.24 bits per heavy atom. The van der Waals surface area contributed by atoms with E-state index in [0.717, 1.165) is 0 Å². The monoisotopic (exact) mass is 473 g/mol. The van der Waals surface area contributed by atoms with E-state index in [9.17, 15) is 22.8 Å². The van der Waals surface area contributed by atoms with Crippen LogP contribution in [0.1, 0.15) is 23.7 Å². The molecule has 33 heavy (non-hydrogen) atoms. The summed E-state index contributed by atoms with van der Waals surface area (Å²) in [5.41, 5.74) is 0.0277. The zero-order valence-corrected chi connectivity index (χ0v) is 18.1. The molecule has 2 amide bonds. The van der Waals surface area contributed by atoms with Crippen molar-refractivity contribution in [2.45, 2.75) is 25.6 Å². The summed E-state index contributed by atoms with van der Waals surface area (Å²) in [5.74, 6) is -1.88. The molecule has 0 bridgehead atoms. The first-order chi connectivity index (χ1) is 15.5. The molecule has 12 heteroatoms. The zero-order chi connectivity index (χ0) is 24.6. The van der Waals surface area contributed by atoms with Gasteiger partial charge in [-0.2, -0.15) is 13.2 Å². The summed E-state index contributed by atoms with van der Waals surface area (Å²) in [4.78, 5) is 34.0. The summed E-state index contributed by atoms with van der Waals surface area (Å²) in [6.45, 7) is 3.87. The number of carboxylic acid groups (broad SMARTS) is 1. The van der Waals surface area contributed by atoms with Crippen molar-refractivity contribution in [3.05, 3.63) is 35.9 Å². The number of fused-ring (bicyclic) bond motifs is 1. The van der Waals surface area contributed by atoms with Gasteiger partial charge in [-0.05, 0) is 25.5 Å². The van der Waals surface area contributed by atoms with Gasteiger partial charge in [0, 0.05) is 31.7 Å². The van der Waals surface area contributed by atoms with Gasteiger partial charge in [-0.3, -0.25) is 9.59 Å². The average Bonchev–Trinajstić information content (AvgIpc) is 2.72. The van der Waals surface area contributed by atoms with Crippen molar-refractivity contribution >= 4 is 17.8 Å². The molecular weight excluding hydrogens is 447 g/mol. The van der Waals surface area contributed by atoms with Crippen LogP contribution in [0.25, 0.3) is 0 Å². The van der Waals surface area contributed by atoms with E-state index in [1.807, 2.05) is 19.1 Å². The Labute approximate surface area is 188 Å². The molecule has 4 N–H and O–H groups in total. The number of hydrogen-bond acceptors (Lipinski definition) is 6. The number of methoxy groups -OCH3 is 1. The highest BCUT2D eigenvalue weighted by molar-refractivity contribution is 5.97. The number of benzene rings is 1. The molecule has 0 saturated carbocycles. The number of hydrogen-bond donors (Lipinski definition) is 4. The Balaban J connectivity index is 0.000000479. The van der Waals surface area contributed by atoms with Crippen molar-refractivity contribution in [2.24, 2.45) is 5.41 Å². The third-order valence-corrected chi connectivity index (χ3v) is 5.04. The van der Waals surface area contributed by atoms with Crippen LogP contribution in [0, 0.1) is 5.41 Å². The standard InChI is InChI=1S/C19H25N3O4.C2HF3O2/c1-13-10-21-18(24)19(11-20-12-19)7-3-4-8-26-16-9-14(25-2)5-6-15(16)17(23)22-13;3-2(4,5)1(6)7/h3-6,9,13,20H,7-8,10-12H2,1-2H3,(H,21,24)(H,22,23);(H,6,7)/b4-3-;/t13-;/m1./s1. The van der Waals surface area contributed by atoms with Crippen molar-refractivity contribution < 1.29 is 42.1 Å². The molecule has 3 rings (SSSR count). The number of allylic oxidation sites excluding steroid dienone is 1. The molecule has 1 spiro atoms. The smallest absolute Gasteiger partial charge is 0.490 e. The van der Waals surface area contributed by atoms with Gasteiger partial charge in [0.05, 0.1) is 18.1 Å². The summed E-state index contributed by atoms with van der Waals surface area (Å²) in [6.07, 6.45) is -0.584. The fourth-order valence-electron chi connectivity index (χ4n) is 3.06. The molecule has 182 valence electrons. The molecular formula is C21H26F3N3O6. The SMILES string of the molecule is COc1ccc2c(c1)OC/C=C\CC1(CNC1)C(=O)NC[C@@H](C)NC2=O.O=C(O)C(F)(F)F. The predicted molar refractivity (Wildman–Crippen MR) is 111 cm³/mol. The first-order valence-corrected chi connectivity index (χ1v) is 10.0. The largest absolute Gasteiger partial charge is 0.497 e. The van der Waals surface area contributed by atoms with Gasteiger partial charge in [0.25, 0.3) is 5.91 Å². The van der Waals surface area contributed by atoms with E-state index >= 15 is 0 Å². The molecule has 2 heterocycles. The summed E-state index contributed by atoms with van der Waals surface area (Å²) >= 11 is 0. The van der Waals surface area contributed by atoms with Gasteiger partial charge in [0.1, 0.15) is 18.1 Å². The quantitative estimate of drug-likeness (QED) is 0.456. The Bertz CT molecular complexity index is 900. The number of halogens is 3. The van der Waals surface area contributed by atoms with E-state index in [1.165, 1.54) is 0 Å². The van der Waals surface area contributed by atoms with Crippen molar-refractivity contribution in [1.82, 2.24) is 16.0 Å². The molecule has 1 saturated heterocycles. The van der Waals surface area contributed by atoms with Crippen LogP contribution in [-0.2, 0) is 9.59 Å². The highest BCUT2D eigenvalue weighted by atomic mass is 19.4. The van der Waals surface area contributed by atoms with E-state index in [2.05, 4.69) is 16.0 Å². The number of carbonyl (C=O) groups is 3. The highest BCUT2D eigenvalue weighted by Gasteiger charge is 2.43. The van der Waals surface area contributed by atoms with Crippen LogP contribution in [0.5, 0.6) is 11.5 Å². The Morgan fingerprint density at radius 3 is 2.45 bits per heavy atom. The Kier molecular flexibility index (Phi) is 8.69. The third kappa shape index (κ3) is 7.11. The Morgan fingerprint density at radius 2 is 1.91 bits per heavy atom. The molecule has 2 aliphatic heterocycles. The number of amides is 2. The molecule has 2 aliphatic rings. The maximum Gasteiger partial charge on any atom is 0.490 e. The second-order valence-corrected chi connectivity index (χ2v) is 7.62. The summed E-state index contributed by atoms with van der Waals surface area (Å²) in [6, 6.07) is 4.91. The molecule has 0 radical (unpaired) electrons. The normalized spacial score (nSPS) is 21.4. The zero-order valence-electron chi connectivity index (χ0n) is 18.1. The molecule has 0 aromatic heterocycles. The molecule has 0 unspecified atom stereocenters. The number of ether oxygens (including phenoxy) is 2. The van der Waals surface area contributed by atoms with Gasteiger partial charge in [0.15, 0.2) is 0 Å². The van der Waals surface area contributed by atoms with Crippen LogP contribution >= 0.6 is 0 Å². The average molecular weight is 473 g/mol. The Hall–Kier alpha value is -3.28. The van der Waals surface area contributed by atoms with Crippen molar-refractivity contribution in [2.75, 3.05) is 33.4 Å². The second kappa shape index (κ2) is 11.0. The summed E-state index contributed by atoms with van der Waals surface area (Å²) in [7, 11) is 1.57. The van der Waals surface area contributed by atoms with Crippen molar-refractivity contribution in [1.29, 1.82) is 0 Å². The molecule has 1 fully saturated rings. The third-order valence-electron chi connectivity index (χ3n) is 5.04. The lowest BCUT2D eigenvalue weighted by Gasteiger charge is -2.40. The van der Waals surface area contributed by atoms with Gasteiger partial charge in [0.2, 0.25) is 5.91 Å². The minimum absolute atomic E-state index is 0.0186. The fourth-order valence-corrected chi connectivity index (χ4v) is 3.06. The number of rotatable bonds is 1. The maximum atomic E-state index is 12.6. The van der Waals surface area contributed by atoms with Crippen molar-refractivity contribution in [3.63, 3.8) is 0 Å². The van der Waals surface area contributed by atoms with Crippen LogP contribution in [0.3, 0.4) is 0 Å². The summed E-state index contributed by atoms with van der Waals surface area (Å²) < 4.78 is 42.7.